The summed E-state index contributed by atoms with van der Waals surface area (Å²) < 4.78 is 72.0. The zero-order valence-corrected chi connectivity index (χ0v) is 24.9. The van der Waals surface area contributed by atoms with Crippen molar-refractivity contribution in [3.05, 3.63) is 42.5 Å². The van der Waals surface area contributed by atoms with E-state index in [1.54, 1.807) is 30.3 Å². The quantitative estimate of drug-likeness (QED) is 0.353. The number of sulfonamides is 2. The molecule has 0 aromatic heterocycles. The number of ether oxygens (including phenoxy) is 3. The van der Waals surface area contributed by atoms with Gasteiger partial charge in [-0.3, -0.25) is 0 Å². The van der Waals surface area contributed by atoms with Crippen LogP contribution in [0.4, 0.5) is 5.69 Å². The van der Waals surface area contributed by atoms with Crippen LogP contribution in [0, 0.1) is 0 Å². The van der Waals surface area contributed by atoms with Crippen molar-refractivity contribution in [2.45, 2.75) is 46.8 Å². The van der Waals surface area contributed by atoms with Crippen LogP contribution in [0.1, 0.15) is 19.3 Å². The number of benzene rings is 2. The Labute approximate surface area is 241 Å². The number of anilines is 1. The SMILES string of the molecule is CNS(=O)(=O)c1cccc(OCC(O)CN[C@@H]2COC3(CCN(S(=O)(=O)c4ccc5c(c4)N(C)CCO5)CC3)C2)c1. The summed E-state index contributed by atoms with van der Waals surface area (Å²) in [5.41, 5.74) is 0.385. The summed E-state index contributed by atoms with van der Waals surface area (Å²) in [6, 6.07) is 11.1. The molecule has 1 unspecified atom stereocenters. The second-order valence-electron chi connectivity index (χ2n) is 10.8. The molecule has 0 bridgehead atoms. The third-order valence-electron chi connectivity index (χ3n) is 7.98. The zero-order chi connectivity index (χ0) is 29.3. The Bertz CT molecular complexity index is 1440. The second kappa shape index (κ2) is 12.0. The minimum Gasteiger partial charge on any atom is -0.491 e. The average molecular weight is 611 g/mol. The summed E-state index contributed by atoms with van der Waals surface area (Å²) in [7, 11) is -3.97. The van der Waals surface area contributed by atoms with Crippen LogP contribution in [-0.2, 0) is 24.8 Å². The molecule has 3 aliphatic rings. The Balaban J connectivity index is 1.09. The fourth-order valence-corrected chi connectivity index (χ4v) is 7.73. The lowest BCUT2D eigenvalue weighted by atomic mass is 9.88. The van der Waals surface area contributed by atoms with Gasteiger partial charge in [0.05, 0.1) is 34.2 Å². The molecule has 0 radical (unpaired) electrons. The van der Waals surface area contributed by atoms with E-state index in [-0.39, 0.29) is 29.0 Å². The Morgan fingerprint density at radius 2 is 1.88 bits per heavy atom. The highest BCUT2D eigenvalue weighted by atomic mass is 32.2. The van der Waals surface area contributed by atoms with Gasteiger partial charge in [-0.05, 0) is 56.6 Å². The maximum atomic E-state index is 13.4. The van der Waals surface area contributed by atoms with Gasteiger partial charge in [0.25, 0.3) is 0 Å². The predicted octanol–water partition coefficient (Wildman–Crippen LogP) is 0.765. The first-order valence-corrected chi connectivity index (χ1v) is 16.6. The van der Waals surface area contributed by atoms with Crippen molar-refractivity contribution in [2.75, 3.05) is 65.0 Å². The second-order valence-corrected chi connectivity index (χ2v) is 14.6. The molecule has 226 valence electrons. The summed E-state index contributed by atoms with van der Waals surface area (Å²) >= 11 is 0. The summed E-state index contributed by atoms with van der Waals surface area (Å²) in [5.74, 6) is 1.04. The Morgan fingerprint density at radius 1 is 1.10 bits per heavy atom. The van der Waals surface area contributed by atoms with Crippen molar-refractivity contribution in [1.29, 1.82) is 0 Å². The maximum absolute atomic E-state index is 13.4. The van der Waals surface area contributed by atoms with Crippen LogP contribution < -0.4 is 24.4 Å². The largest absolute Gasteiger partial charge is 0.491 e. The van der Waals surface area contributed by atoms with Gasteiger partial charge in [0, 0.05) is 38.8 Å². The summed E-state index contributed by atoms with van der Waals surface area (Å²) in [6.45, 7) is 2.76. The number of hydrogen-bond donors (Lipinski definition) is 3. The Kier molecular flexibility index (Phi) is 8.81. The van der Waals surface area contributed by atoms with Crippen LogP contribution in [0.5, 0.6) is 11.5 Å². The van der Waals surface area contributed by atoms with E-state index in [1.807, 2.05) is 11.9 Å². The zero-order valence-electron chi connectivity index (χ0n) is 23.3. The number of likely N-dealkylation sites (N-methyl/N-ethyl adjacent to an activating group) is 1. The van der Waals surface area contributed by atoms with Gasteiger partial charge < -0.3 is 29.5 Å². The molecule has 2 aromatic carbocycles. The molecule has 3 heterocycles. The lowest BCUT2D eigenvalue weighted by Crippen LogP contribution is -2.47. The van der Waals surface area contributed by atoms with Crippen LogP contribution in [0.25, 0.3) is 0 Å². The first kappa shape index (κ1) is 30.0. The minimum absolute atomic E-state index is 0.00773. The molecular formula is C27H38N4O8S2. The van der Waals surface area contributed by atoms with E-state index in [1.165, 1.54) is 23.5 Å². The molecule has 2 atom stereocenters. The topological polar surface area (TPSA) is 147 Å². The molecular weight excluding hydrogens is 572 g/mol. The molecule has 1 spiro atoms. The molecule has 14 heteroatoms. The lowest BCUT2D eigenvalue weighted by Gasteiger charge is -2.38. The van der Waals surface area contributed by atoms with E-state index in [2.05, 4.69) is 10.0 Å². The van der Waals surface area contributed by atoms with Crippen molar-refractivity contribution in [1.82, 2.24) is 14.3 Å². The number of aliphatic hydroxyl groups excluding tert-OH is 1. The van der Waals surface area contributed by atoms with Gasteiger partial charge >= 0.3 is 0 Å². The van der Waals surface area contributed by atoms with Crippen LogP contribution >= 0.6 is 0 Å². The van der Waals surface area contributed by atoms with Crippen molar-refractivity contribution < 1.29 is 36.2 Å². The smallest absolute Gasteiger partial charge is 0.243 e. The molecule has 0 amide bonds. The molecule has 5 rings (SSSR count). The molecule has 3 N–H and O–H groups in total. The number of hydrogen-bond acceptors (Lipinski definition) is 10. The van der Waals surface area contributed by atoms with Crippen molar-refractivity contribution in [3.63, 3.8) is 0 Å². The molecule has 3 aliphatic heterocycles. The van der Waals surface area contributed by atoms with Crippen molar-refractivity contribution in [2.24, 2.45) is 0 Å². The van der Waals surface area contributed by atoms with Gasteiger partial charge in [-0.2, -0.15) is 4.31 Å². The van der Waals surface area contributed by atoms with Crippen molar-refractivity contribution in [3.8, 4) is 11.5 Å². The Morgan fingerprint density at radius 3 is 2.63 bits per heavy atom. The highest BCUT2D eigenvalue weighted by Crippen LogP contribution is 2.39. The third kappa shape index (κ3) is 6.63. The standard InChI is InChI=1S/C27H38N4O8S2/c1-28-40(33,34)23-5-3-4-22(14-23)38-19-21(32)17-29-20-16-27(39-18-20)8-10-31(11-9-27)41(35,36)24-6-7-26-25(15-24)30(2)12-13-37-26/h3-7,14-15,20-21,28-29,32H,8-13,16-19H2,1-2H3/t20-,21?/m0/s1. The van der Waals surface area contributed by atoms with E-state index >= 15 is 0 Å². The van der Waals surface area contributed by atoms with E-state index in [0.29, 0.717) is 57.2 Å². The fraction of sp³-hybridized carbons (Fsp3) is 0.556. The van der Waals surface area contributed by atoms with E-state index in [9.17, 15) is 21.9 Å². The monoisotopic (exact) mass is 610 g/mol. The minimum atomic E-state index is -3.65. The van der Waals surface area contributed by atoms with Gasteiger partial charge in [0.2, 0.25) is 20.0 Å². The average Bonchev–Trinajstić information content (AvgIpc) is 3.37. The van der Waals surface area contributed by atoms with Crippen LogP contribution in [0.15, 0.2) is 52.3 Å². The Hall–Kier alpha value is -2.46. The first-order valence-electron chi connectivity index (χ1n) is 13.7. The maximum Gasteiger partial charge on any atom is 0.243 e. The number of fused-ring (bicyclic) bond motifs is 1. The number of nitrogens with one attached hydrogen (secondary N) is 2. The van der Waals surface area contributed by atoms with Gasteiger partial charge in [-0.15, -0.1) is 0 Å². The molecule has 0 aliphatic carbocycles. The normalized spacial score (nSPS) is 21.8. The molecule has 12 nitrogen and oxygen atoms in total. The van der Waals surface area contributed by atoms with Crippen molar-refractivity contribution >= 4 is 25.7 Å². The fourth-order valence-electron chi connectivity index (χ4n) is 5.50. The van der Waals surface area contributed by atoms with E-state index in [0.717, 1.165) is 12.1 Å². The van der Waals surface area contributed by atoms with Crippen LogP contribution in [-0.4, -0.2) is 104 Å². The summed E-state index contributed by atoms with van der Waals surface area (Å²) in [6.07, 6.45) is 1.09. The van der Waals surface area contributed by atoms with E-state index < -0.39 is 31.8 Å². The van der Waals surface area contributed by atoms with Gasteiger partial charge in [-0.1, -0.05) is 6.07 Å². The van der Waals surface area contributed by atoms with Gasteiger partial charge in [0.1, 0.15) is 30.8 Å². The molecule has 2 saturated heterocycles. The van der Waals surface area contributed by atoms with E-state index in [4.69, 9.17) is 14.2 Å². The number of rotatable bonds is 10. The molecule has 2 aromatic rings. The summed E-state index contributed by atoms with van der Waals surface area (Å²) in [4.78, 5) is 2.35. The highest BCUT2D eigenvalue weighted by molar-refractivity contribution is 7.89. The lowest BCUT2D eigenvalue weighted by molar-refractivity contribution is -0.0312. The number of aliphatic hydroxyl groups is 1. The van der Waals surface area contributed by atoms with Crippen LogP contribution in [0.3, 0.4) is 0 Å². The number of piperidine rings is 1. The molecule has 41 heavy (non-hydrogen) atoms. The highest BCUT2D eigenvalue weighted by Gasteiger charge is 2.45. The predicted molar refractivity (Wildman–Crippen MR) is 152 cm³/mol. The first-order chi connectivity index (χ1) is 19.5. The summed E-state index contributed by atoms with van der Waals surface area (Å²) in [5, 5.41) is 13.8. The number of nitrogens with zero attached hydrogens (tertiary/aromatic N) is 2. The van der Waals surface area contributed by atoms with Crippen LogP contribution in [0.2, 0.25) is 0 Å². The van der Waals surface area contributed by atoms with Gasteiger partial charge in [0.15, 0.2) is 0 Å². The molecule has 2 fully saturated rings. The third-order valence-corrected chi connectivity index (χ3v) is 11.3. The molecule has 0 saturated carbocycles. The van der Waals surface area contributed by atoms with Gasteiger partial charge in [-0.25, -0.2) is 21.6 Å².